The lowest BCUT2D eigenvalue weighted by molar-refractivity contribution is 0.155. The molecule has 2 heterocycles. The van der Waals surface area contributed by atoms with Crippen molar-refractivity contribution in [1.29, 1.82) is 0 Å². The number of anilines is 1. The van der Waals surface area contributed by atoms with Crippen molar-refractivity contribution < 1.29 is 9.53 Å². The Morgan fingerprint density at radius 3 is 2.96 bits per heavy atom. The monoisotopic (exact) mass is 388 g/mol. The molecule has 0 bridgehead atoms. The fourth-order valence-electron chi connectivity index (χ4n) is 4.46. The van der Waals surface area contributed by atoms with E-state index in [9.17, 15) is 4.79 Å². The largest absolute Gasteiger partial charge is 0.494 e. The number of carbonyl (C=O) groups is 1. The molecule has 126 valence electrons. The number of carbonyl (C=O) groups excluding carboxylic acids is 1. The number of amides is 2. The van der Waals surface area contributed by atoms with Gasteiger partial charge in [-0.3, -0.25) is 4.90 Å². The van der Waals surface area contributed by atoms with Crippen LogP contribution < -0.4 is 4.90 Å². The SMILES string of the molecule is CCOC1=C[C@H]2[C@H](C)CN3C(=O)N(C)c4cccc(Br)c4[C@]23C=C1. The quantitative estimate of drug-likeness (QED) is 0.757. The zero-order chi connectivity index (χ0) is 17.1. The molecule has 5 heteroatoms. The van der Waals surface area contributed by atoms with Gasteiger partial charge in [0, 0.05) is 29.5 Å². The van der Waals surface area contributed by atoms with Crippen LogP contribution in [0.3, 0.4) is 0 Å². The van der Waals surface area contributed by atoms with Crippen LogP contribution in [0.1, 0.15) is 19.4 Å². The number of fused-ring (bicyclic) bond motifs is 1. The summed E-state index contributed by atoms with van der Waals surface area (Å²) in [5.41, 5.74) is 1.71. The number of benzene rings is 1. The molecule has 0 saturated carbocycles. The standard InChI is InChI=1S/C19H21BrN2O2/c1-4-24-13-8-9-19-14(10-13)12(2)11-22(19)18(23)21(3)16-7-5-6-15(20)17(16)19/h5-10,12,14H,4,11H2,1-3H3/t12-,14+,19+/m1/s1. The lowest BCUT2D eigenvalue weighted by Crippen LogP contribution is -2.56. The fraction of sp³-hybridized carbons (Fsp3) is 0.421. The van der Waals surface area contributed by atoms with Gasteiger partial charge in [-0.2, -0.15) is 0 Å². The maximum Gasteiger partial charge on any atom is 0.325 e. The lowest BCUT2D eigenvalue weighted by atomic mass is 9.71. The van der Waals surface area contributed by atoms with E-state index in [4.69, 9.17) is 4.74 Å². The van der Waals surface area contributed by atoms with Crippen molar-refractivity contribution in [1.82, 2.24) is 4.90 Å². The summed E-state index contributed by atoms with van der Waals surface area (Å²) in [5.74, 6) is 1.47. The molecule has 2 amide bonds. The van der Waals surface area contributed by atoms with Gasteiger partial charge in [0.05, 0.1) is 17.8 Å². The number of hydrogen-bond donors (Lipinski definition) is 0. The Kier molecular flexibility index (Phi) is 3.53. The van der Waals surface area contributed by atoms with E-state index < -0.39 is 5.54 Å². The third kappa shape index (κ3) is 1.88. The minimum absolute atomic E-state index is 0.0628. The summed E-state index contributed by atoms with van der Waals surface area (Å²) < 4.78 is 6.77. The van der Waals surface area contributed by atoms with E-state index in [0.717, 1.165) is 22.5 Å². The highest BCUT2D eigenvalue weighted by Crippen LogP contribution is 2.57. The van der Waals surface area contributed by atoms with Crippen LogP contribution in [0.25, 0.3) is 0 Å². The second-order valence-corrected chi connectivity index (χ2v) is 7.60. The molecule has 4 nitrogen and oxygen atoms in total. The summed E-state index contributed by atoms with van der Waals surface area (Å²) >= 11 is 3.74. The van der Waals surface area contributed by atoms with Crippen molar-refractivity contribution in [2.75, 3.05) is 25.1 Å². The summed E-state index contributed by atoms with van der Waals surface area (Å²) in [7, 11) is 1.85. The third-order valence-electron chi connectivity index (χ3n) is 5.47. The Morgan fingerprint density at radius 2 is 2.21 bits per heavy atom. The van der Waals surface area contributed by atoms with Crippen LogP contribution in [0.5, 0.6) is 0 Å². The third-order valence-corrected chi connectivity index (χ3v) is 6.13. The molecule has 1 saturated heterocycles. The molecule has 24 heavy (non-hydrogen) atoms. The van der Waals surface area contributed by atoms with E-state index in [1.54, 1.807) is 4.90 Å². The maximum absolute atomic E-state index is 13.0. The second kappa shape index (κ2) is 5.38. The molecule has 1 aromatic carbocycles. The first-order chi connectivity index (χ1) is 11.5. The fourth-order valence-corrected chi connectivity index (χ4v) is 5.13. The van der Waals surface area contributed by atoms with Crippen LogP contribution in [0.15, 0.2) is 46.7 Å². The molecule has 0 unspecified atom stereocenters. The molecule has 0 aromatic heterocycles. The van der Waals surface area contributed by atoms with Crippen molar-refractivity contribution in [3.8, 4) is 0 Å². The molecule has 1 spiro atoms. The Balaban J connectivity index is 1.96. The predicted octanol–water partition coefficient (Wildman–Crippen LogP) is 4.27. The Bertz CT molecular complexity index is 773. The van der Waals surface area contributed by atoms with E-state index in [1.165, 1.54) is 5.56 Å². The number of hydrogen-bond acceptors (Lipinski definition) is 2. The van der Waals surface area contributed by atoms with E-state index in [-0.39, 0.29) is 11.9 Å². The molecular formula is C19H21BrN2O2. The van der Waals surface area contributed by atoms with Gasteiger partial charge in [-0.25, -0.2) is 4.79 Å². The number of ether oxygens (including phenoxy) is 1. The molecule has 2 aliphatic heterocycles. The normalized spacial score (nSPS) is 30.7. The zero-order valence-electron chi connectivity index (χ0n) is 14.1. The minimum atomic E-state index is -0.432. The summed E-state index contributed by atoms with van der Waals surface area (Å²) in [6, 6.07) is 6.14. The summed E-state index contributed by atoms with van der Waals surface area (Å²) in [5, 5.41) is 0. The van der Waals surface area contributed by atoms with Gasteiger partial charge >= 0.3 is 6.03 Å². The van der Waals surface area contributed by atoms with Gasteiger partial charge in [0.1, 0.15) is 5.76 Å². The highest BCUT2D eigenvalue weighted by atomic mass is 79.9. The average Bonchev–Trinajstić information content (AvgIpc) is 2.87. The van der Waals surface area contributed by atoms with Crippen LogP contribution in [-0.4, -0.2) is 31.1 Å². The van der Waals surface area contributed by atoms with Crippen LogP contribution in [0, 0.1) is 11.8 Å². The maximum atomic E-state index is 13.0. The van der Waals surface area contributed by atoms with Crippen LogP contribution >= 0.6 is 15.9 Å². The smallest absolute Gasteiger partial charge is 0.325 e. The van der Waals surface area contributed by atoms with Gasteiger partial charge in [0.15, 0.2) is 0 Å². The van der Waals surface area contributed by atoms with E-state index >= 15 is 0 Å². The predicted molar refractivity (Wildman–Crippen MR) is 97.8 cm³/mol. The number of allylic oxidation sites excluding steroid dienone is 1. The van der Waals surface area contributed by atoms with E-state index in [0.29, 0.717) is 12.5 Å². The zero-order valence-corrected chi connectivity index (χ0v) is 15.7. The Hall–Kier alpha value is -1.75. The van der Waals surface area contributed by atoms with Gasteiger partial charge in [-0.05, 0) is 37.1 Å². The topological polar surface area (TPSA) is 32.8 Å². The first-order valence-corrected chi connectivity index (χ1v) is 9.18. The Morgan fingerprint density at radius 1 is 1.42 bits per heavy atom. The molecule has 4 rings (SSSR count). The van der Waals surface area contributed by atoms with Crippen molar-refractivity contribution in [3.63, 3.8) is 0 Å². The molecule has 0 N–H and O–H groups in total. The summed E-state index contributed by atoms with van der Waals surface area (Å²) in [4.78, 5) is 16.8. The minimum Gasteiger partial charge on any atom is -0.494 e. The van der Waals surface area contributed by atoms with E-state index in [2.05, 4.69) is 41.1 Å². The van der Waals surface area contributed by atoms with Crippen LogP contribution in [-0.2, 0) is 10.3 Å². The highest BCUT2D eigenvalue weighted by Gasteiger charge is 2.58. The number of halogens is 1. The molecule has 0 radical (unpaired) electrons. The first kappa shape index (κ1) is 15.8. The van der Waals surface area contributed by atoms with Crippen molar-refractivity contribution >= 4 is 27.6 Å². The van der Waals surface area contributed by atoms with E-state index in [1.807, 2.05) is 37.1 Å². The number of nitrogens with zero attached hydrogens (tertiary/aromatic N) is 2. The lowest BCUT2D eigenvalue weighted by Gasteiger charge is -2.48. The number of urea groups is 1. The van der Waals surface area contributed by atoms with Gasteiger partial charge in [-0.15, -0.1) is 0 Å². The van der Waals surface area contributed by atoms with Gasteiger partial charge in [0.25, 0.3) is 0 Å². The molecule has 1 aromatic rings. The molecule has 1 fully saturated rings. The number of rotatable bonds is 2. The molecule has 3 aliphatic rings. The van der Waals surface area contributed by atoms with Gasteiger partial charge in [-0.1, -0.05) is 35.0 Å². The molecular weight excluding hydrogens is 368 g/mol. The van der Waals surface area contributed by atoms with Crippen LogP contribution in [0.4, 0.5) is 10.5 Å². The van der Waals surface area contributed by atoms with Crippen molar-refractivity contribution in [2.45, 2.75) is 19.4 Å². The van der Waals surface area contributed by atoms with Gasteiger partial charge in [0.2, 0.25) is 0 Å². The van der Waals surface area contributed by atoms with Crippen molar-refractivity contribution in [3.05, 3.63) is 52.2 Å². The van der Waals surface area contributed by atoms with Crippen molar-refractivity contribution in [2.24, 2.45) is 11.8 Å². The summed E-state index contributed by atoms with van der Waals surface area (Å²) in [6.45, 7) is 5.60. The van der Waals surface area contributed by atoms with Gasteiger partial charge < -0.3 is 9.64 Å². The Labute approximate surface area is 150 Å². The second-order valence-electron chi connectivity index (χ2n) is 6.75. The molecule has 3 atom stereocenters. The van der Waals surface area contributed by atoms with Crippen LogP contribution in [0.2, 0.25) is 0 Å². The first-order valence-electron chi connectivity index (χ1n) is 8.39. The molecule has 1 aliphatic carbocycles. The summed E-state index contributed by atoms with van der Waals surface area (Å²) in [6.07, 6.45) is 6.39. The highest BCUT2D eigenvalue weighted by molar-refractivity contribution is 9.10. The average molecular weight is 389 g/mol.